The summed E-state index contributed by atoms with van der Waals surface area (Å²) in [5.74, 6) is -0.890. The minimum absolute atomic E-state index is 0.0854. The van der Waals surface area contributed by atoms with Crippen LogP contribution in [0.1, 0.15) is 30.5 Å². The van der Waals surface area contributed by atoms with Crippen molar-refractivity contribution < 1.29 is 19.1 Å². The molecule has 0 aliphatic carbocycles. The fourth-order valence-corrected chi connectivity index (χ4v) is 3.28. The van der Waals surface area contributed by atoms with Crippen LogP contribution >= 0.6 is 15.9 Å². The second-order valence-corrected chi connectivity index (χ2v) is 7.99. The van der Waals surface area contributed by atoms with Crippen molar-refractivity contribution in [2.24, 2.45) is 0 Å². The molecule has 0 spiro atoms. The molecule has 150 valence electrons. The normalized spacial score (nSPS) is 15.9. The first-order valence-corrected chi connectivity index (χ1v) is 9.91. The van der Waals surface area contributed by atoms with Crippen molar-refractivity contribution in [3.63, 3.8) is 0 Å². The van der Waals surface area contributed by atoms with E-state index < -0.39 is 17.8 Å². The van der Waals surface area contributed by atoms with Crippen LogP contribution < -0.4 is 15.0 Å². The Morgan fingerprint density at radius 2 is 1.76 bits per heavy atom. The fraction of sp³-hybridized carbons (Fsp3) is 0.227. The molecule has 2 aromatic carbocycles. The minimum atomic E-state index is -0.770. The van der Waals surface area contributed by atoms with Crippen LogP contribution in [0, 0.1) is 13.8 Å². The zero-order chi connectivity index (χ0) is 21.3. The van der Waals surface area contributed by atoms with Crippen molar-refractivity contribution >= 4 is 45.5 Å². The highest BCUT2D eigenvalue weighted by molar-refractivity contribution is 9.10. The lowest BCUT2D eigenvalue weighted by Gasteiger charge is -2.27. The van der Waals surface area contributed by atoms with E-state index in [4.69, 9.17) is 4.74 Å². The van der Waals surface area contributed by atoms with Gasteiger partial charge < -0.3 is 4.74 Å². The summed E-state index contributed by atoms with van der Waals surface area (Å²) in [6.07, 6.45) is 1.36. The third-order valence-electron chi connectivity index (χ3n) is 4.48. The molecule has 3 rings (SSSR count). The zero-order valence-electron chi connectivity index (χ0n) is 16.6. The number of hydrogen-bond donors (Lipinski definition) is 1. The quantitative estimate of drug-likeness (QED) is 0.541. The number of urea groups is 1. The molecule has 1 aliphatic heterocycles. The molecular formula is C22H21BrN2O4. The molecule has 1 N–H and O–H groups in total. The van der Waals surface area contributed by atoms with E-state index in [0.717, 1.165) is 20.5 Å². The van der Waals surface area contributed by atoms with Crippen molar-refractivity contribution in [1.82, 2.24) is 5.32 Å². The highest BCUT2D eigenvalue weighted by atomic mass is 79.9. The third kappa shape index (κ3) is 4.40. The molecular weight excluding hydrogens is 436 g/mol. The number of benzene rings is 2. The van der Waals surface area contributed by atoms with Crippen LogP contribution in [0.15, 0.2) is 46.4 Å². The Hall–Kier alpha value is -2.93. The molecule has 4 amide bonds. The summed E-state index contributed by atoms with van der Waals surface area (Å²) < 4.78 is 6.55. The van der Waals surface area contributed by atoms with Crippen LogP contribution in [0.4, 0.5) is 10.5 Å². The number of carbonyl (C=O) groups excluding carboxylic acids is 3. The van der Waals surface area contributed by atoms with Crippen LogP contribution in [-0.2, 0) is 9.59 Å². The van der Waals surface area contributed by atoms with E-state index in [1.54, 1.807) is 24.3 Å². The Balaban J connectivity index is 2.06. The molecule has 1 heterocycles. The molecule has 6 nitrogen and oxygen atoms in total. The van der Waals surface area contributed by atoms with Gasteiger partial charge in [0.25, 0.3) is 11.8 Å². The maximum Gasteiger partial charge on any atom is 0.335 e. The number of nitrogens with zero attached hydrogens (tertiary/aromatic N) is 1. The van der Waals surface area contributed by atoms with Gasteiger partial charge in [-0.1, -0.05) is 22.0 Å². The highest BCUT2D eigenvalue weighted by Gasteiger charge is 2.37. The molecule has 1 saturated heterocycles. The van der Waals surface area contributed by atoms with E-state index in [-0.39, 0.29) is 11.7 Å². The number of carbonyl (C=O) groups is 3. The minimum Gasteiger partial charge on any atom is -0.490 e. The van der Waals surface area contributed by atoms with Crippen molar-refractivity contribution in [2.75, 3.05) is 4.90 Å². The fourth-order valence-electron chi connectivity index (χ4n) is 2.91. The SMILES string of the molecule is Cc1ccc(N2C(=O)NC(=O)/C(=C\c3cc(Br)ccc3OC(C)C)C2=O)cc1C. The predicted octanol–water partition coefficient (Wildman–Crippen LogP) is 4.52. The average Bonchev–Trinajstić information content (AvgIpc) is 2.63. The zero-order valence-corrected chi connectivity index (χ0v) is 18.2. The van der Waals surface area contributed by atoms with E-state index in [2.05, 4.69) is 21.2 Å². The van der Waals surface area contributed by atoms with Crippen LogP contribution in [0.5, 0.6) is 5.75 Å². The topological polar surface area (TPSA) is 75.7 Å². The van der Waals surface area contributed by atoms with Crippen LogP contribution in [0.25, 0.3) is 6.08 Å². The first kappa shape index (κ1) is 20.8. The molecule has 1 fully saturated rings. The number of halogens is 1. The molecule has 0 aromatic heterocycles. The molecule has 0 unspecified atom stereocenters. The van der Waals surface area contributed by atoms with Gasteiger partial charge >= 0.3 is 6.03 Å². The van der Waals surface area contributed by atoms with Gasteiger partial charge in [0, 0.05) is 10.0 Å². The van der Waals surface area contributed by atoms with Crippen molar-refractivity contribution in [2.45, 2.75) is 33.8 Å². The molecule has 29 heavy (non-hydrogen) atoms. The largest absolute Gasteiger partial charge is 0.490 e. The van der Waals surface area contributed by atoms with E-state index in [0.29, 0.717) is 17.0 Å². The number of aryl methyl sites for hydroxylation is 2. The van der Waals surface area contributed by atoms with Gasteiger partial charge in [-0.05, 0) is 75.2 Å². The number of amides is 4. The lowest BCUT2D eigenvalue weighted by molar-refractivity contribution is -0.122. The molecule has 0 radical (unpaired) electrons. The van der Waals surface area contributed by atoms with Gasteiger partial charge in [-0.3, -0.25) is 14.9 Å². The standard InChI is InChI=1S/C22H21BrN2O4/c1-12(2)29-19-8-6-16(23)10-15(19)11-18-20(26)24-22(28)25(21(18)27)17-7-5-13(3)14(4)9-17/h5-12H,1-4H3,(H,24,26,28)/b18-11+. The van der Waals surface area contributed by atoms with Crippen LogP contribution in [0.3, 0.4) is 0 Å². The van der Waals surface area contributed by atoms with E-state index in [9.17, 15) is 14.4 Å². The summed E-state index contributed by atoms with van der Waals surface area (Å²) in [4.78, 5) is 38.9. The predicted molar refractivity (Wildman–Crippen MR) is 115 cm³/mol. The van der Waals surface area contributed by atoms with Crippen molar-refractivity contribution in [3.8, 4) is 5.75 Å². The van der Waals surface area contributed by atoms with Gasteiger partial charge in [0.15, 0.2) is 0 Å². The second-order valence-electron chi connectivity index (χ2n) is 7.08. The highest BCUT2D eigenvalue weighted by Crippen LogP contribution is 2.29. The summed E-state index contributed by atoms with van der Waals surface area (Å²) in [7, 11) is 0. The molecule has 1 aliphatic rings. The van der Waals surface area contributed by atoms with Gasteiger partial charge in [0.2, 0.25) is 0 Å². The Morgan fingerprint density at radius 1 is 1.03 bits per heavy atom. The van der Waals surface area contributed by atoms with E-state index in [1.165, 1.54) is 6.08 Å². The monoisotopic (exact) mass is 456 g/mol. The van der Waals surface area contributed by atoms with Gasteiger partial charge in [0.05, 0.1) is 11.8 Å². The molecule has 0 bridgehead atoms. The second kappa shape index (κ2) is 8.21. The van der Waals surface area contributed by atoms with Crippen molar-refractivity contribution in [3.05, 3.63) is 63.1 Å². The molecule has 2 aromatic rings. The first-order valence-electron chi connectivity index (χ1n) is 9.12. The first-order chi connectivity index (χ1) is 13.7. The number of nitrogens with one attached hydrogen (secondary N) is 1. The van der Waals surface area contributed by atoms with Crippen LogP contribution in [-0.4, -0.2) is 23.9 Å². The number of rotatable bonds is 4. The Bertz CT molecular complexity index is 1040. The summed E-state index contributed by atoms with van der Waals surface area (Å²) in [5.41, 5.74) is 2.79. The smallest absolute Gasteiger partial charge is 0.335 e. The Morgan fingerprint density at radius 3 is 2.41 bits per heavy atom. The molecule has 7 heteroatoms. The number of hydrogen-bond acceptors (Lipinski definition) is 4. The maximum absolute atomic E-state index is 13.1. The summed E-state index contributed by atoms with van der Waals surface area (Å²) in [5, 5.41) is 2.24. The molecule has 0 saturated carbocycles. The van der Waals surface area contributed by atoms with Gasteiger partial charge in [-0.15, -0.1) is 0 Å². The van der Waals surface area contributed by atoms with Crippen LogP contribution in [0.2, 0.25) is 0 Å². The number of anilines is 1. The number of ether oxygens (including phenoxy) is 1. The number of barbiturate groups is 1. The van der Waals surface area contributed by atoms with Gasteiger partial charge in [0.1, 0.15) is 11.3 Å². The van der Waals surface area contributed by atoms with E-state index in [1.807, 2.05) is 39.8 Å². The average molecular weight is 457 g/mol. The van der Waals surface area contributed by atoms with Gasteiger partial charge in [-0.2, -0.15) is 0 Å². The van der Waals surface area contributed by atoms with Gasteiger partial charge in [-0.25, -0.2) is 9.69 Å². The summed E-state index contributed by atoms with van der Waals surface area (Å²) >= 11 is 3.40. The molecule has 0 atom stereocenters. The Labute approximate surface area is 177 Å². The Kier molecular flexibility index (Phi) is 5.88. The summed E-state index contributed by atoms with van der Waals surface area (Å²) in [6.45, 7) is 7.61. The van der Waals surface area contributed by atoms with Crippen molar-refractivity contribution in [1.29, 1.82) is 0 Å². The lowest BCUT2D eigenvalue weighted by Crippen LogP contribution is -2.54. The lowest BCUT2D eigenvalue weighted by atomic mass is 10.0. The maximum atomic E-state index is 13.1. The number of imide groups is 2. The summed E-state index contributed by atoms with van der Waals surface area (Å²) in [6, 6.07) is 9.80. The third-order valence-corrected chi connectivity index (χ3v) is 4.98. The van der Waals surface area contributed by atoms with E-state index >= 15 is 0 Å².